The molecule has 5 aromatic rings. The van der Waals surface area contributed by atoms with E-state index < -0.39 is 11.6 Å². The molecule has 0 atom stereocenters. The lowest BCUT2D eigenvalue weighted by molar-refractivity contribution is 0.528. The third-order valence-corrected chi connectivity index (χ3v) is 5.21. The molecule has 5 rings (SSSR count). The van der Waals surface area contributed by atoms with Crippen LogP contribution in [0.1, 0.15) is 16.8 Å². The van der Waals surface area contributed by atoms with Crippen LogP contribution in [-0.2, 0) is 19.6 Å². The van der Waals surface area contributed by atoms with Gasteiger partial charge in [-0.1, -0.05) is 41.6 Å². The molecular weight excluding hydrogens is 450 g/mol. The first kappa shape index (κ1) is 21.0. The monoisotopic (exact) mass is 466 g/mol. The second-order valence-corrected chi connectivity index (χ2v) is 7.67. The fraction of sp³-hybridized carbons (Fsp3) is 0.136. The molecule has 0 amide bonds. The van der Waals surface area contributed by atoms with Crippen molar-refractivity contribution < 1.29 is 8.78 Å². The molecular formula is C22H17ClF2N8. The van der Waals surface area contributed by atoms with Crippen molar-refractivity contribution >= 4 is 28.6 Å². The summed E-state index contributed by atoms with van der Waals surface area (Å²) in [5.41, 5.74) is 2.68. The Morgan fingerprint density at radius 3 is 2.52 bits per heavy atom. The molecule has 3 aromatic heterocycles. The Balaban J connectivity index is 1.36. The van der Waals surface area contributed by atoms with Gasteiger partial charge >= 0.3 is 0 Å². The van der Waals surface area contributed by atoms with Crippen LogP contribution in [-0.4, -0.2) is 34.5 Å². The fourth-order valence-corrected chi connectivity index (χ4v) is 3.61. The molecule has 0 saturated carbocycles. The van der Waals surface area contributed by atoms with Gasteiger partial charge in [0.15, 0.2) is 17.0 Å². The highest BCUT2D eigenvalue weighted by atomic mass is 35.5. The number of imidazole rings is 1. The van der Waals surface area contributed by atoms with Crippen LogP contribution in [0.4, 0.5) is 14.6 Å². The van der Waals surface area contributed by atoms with Crippen LogP contribution >= 0.6 is 11.6 Å². The van der Waals surface area contributed by atoms with Crippen LogP contribution in [0.3, 0.4) is 0 Å². The van der Waals surface area contributed by atoms with Crippen LogP contribution in [0.25, 0.3) is 11.2 Å². The molecule has 2 aromatic carbocycles. The van der Waals surface area contributed by atoms with Gasteiger partial charge in [-0.15, -0.1) is 5.10 Å². The molecule has 33 heavy (non-hydrogen) atoms. The summed E-state index contributed by atoms with van der Waals surface area (Å²) in [6.07, 6.45) is 3.23. The number of benzene rings is 2. The predicted octanol–water partition coefficient (Wildman–Crippen LogP) is 4.06. The molecule has 0 saturated heterocycles. The Morgan fingerprint density at radius 2 is 1.73 bits per heavy atom. The Morgan fingerprint density at radius 1 is 0.939 bits per heavy atom. The smallest absolute Gasteiger partial charge is 0.226 e. The molecule has 166 valence electrons. The number of anilines is 1. The summed E-state index contributed by atoms with van der Waals surface area (Å²) in [4.78, 5) is 13.0. The molecule has 0 fully saturated rings. The summed E-state index contributed by atoms with van der Waals surface area (Å²) in [5.74, 6) is -0.740. The number of aromatic nitrogens is 7. The van der Waals surface area contributed by atoms with Crippen molar-refractivity contribution in [2.75, 3.05) is 5.32 Å². The first-order valence-corrected chi connectivity index (χ1v) is 10.4. The van der Waals surface area contributed by atoms with Gasteiger partial charge in [0, 0.05) is 12.1 Å². The molecule has 0 aliphatic rings. The van der Waals surface area contributed by atoms with E-state index >= 15 is 0 Å². The van der Waals surface area contributed by atoms with Gasteiger partial charge in [-0.05, 0) is 29.3 Å². The van der Waals surface area contributed by atoms with Crippen LogP contribution in [0.15, 0.2) is 61.1 Å². The predicted molar refractivity (Wildman–Crippen MR) is 119 cm³/mol. The van der Waals surface area contributed by atoms with Gasteiger partial charge in [-0.25, -0.2) is 18.4 Å². The molecule has 0 unspecified atom stereocenters. The van der Waals surface area contributed by atoms with Crippen molar-refractivity contribution in [3.63, 3.8) is 0 Å². The largest absolute Gasteiger partial charge is 0.364 e. The van der Waals surface area contributed by atoms with Crippen molar-refractivity contribution in [1.29, 1.82) is 0 Å². The van der Waals surface area contributed by atoms with E-state index in [1.165, 1.54) is 22.9 Å². The standard InChI is InChI=1S/C22H17ClF2N8/c23-22-28-20(26-9-14-5-2-1-3-6-14)19-21(29-22)32(13-27-19)10-15-11-33(31-30-15)12-16-17(24)7-4-8-18(16)25/h1-8,11,13H,9-10,12H2,(H,26,28,29). The first-order chi connectivity index (χ1) is 16.1. The van der Waals surface area contributed by atoms with E-state index in [0.717, 1.165) is 5.56 Å². The third kappa shape index (κ3) is 4.51. The van der Waals surface area contributed by atoms with Crippen LogP contribution < -0.4 is 5.32 Å². The van der Waals surface area contributed by atoms with Crippen molar-refractivity contribution in [1.82, 2.24) is 34.5 Å². The van der Waals surface area contributed by atoms with E-state index in [0.29, 0.717) is 35.8 Å². The lowest BCUT2D eigenvalue weighted by Gasteiger charge is -2.07. The van der Waals surface area contributed by atoms with E-state index in [4.69, 9.17) is 11.6 Å². The van der Waals surface area contributed by atoms with E-state index in [-0.39, 0.29) is 17.4 Å². The van der Waals surface area contributed by atoms with Gasteiger partial charge in [0.05, 0.1) is 25.6 Å². The summed E-state index contributed by atoms with van der Waals surface area (Å²) in [5, 5.41) is 11.4. The average Bonchev–Trinajstić information content (AvgIpc) is 3.43. The topological polar surface area (TPSA) is 86.3 Å². The Kier molecular flexibility index (Phi) is 5.66. The van der Waals surface area contributed by atoms with Crippen molar-refractivity contribution in [2.24, 2.45) is 0 Å². The molecule has 0 aliphatic heterocycles. The Labute approximate surface area is 191 Å². The summed E-state index contributed by atoms with van der Waals surface area (Å²) in [6, 6.07) is 13.6. The van der Waals surface area contributed by atoms with Crippen LogP contribution in [0, 0.1) is 11.6 Å². The summed E-state index contributed by atoms with van der Waals surface area (Å²) in [6.45, 7) is 0.774. The number of hydrogen-bond donors (Lipinski definition) is 1. The fourth-order valence-electron chi connectivity index (χ4n) is 3.45. The lowest BCUT2D eigenvalue weighted by atomic mass is 10.2. The third-order valence-electron chi connectivity index (χ3n) is 5.04. The summed E-state index contributed by atoms with van der Waals surface area (Å²) < 4.78 is 31.0. The number of halogens is 3. The van der Waals surface area contributed by atoms with Gasteiger partial charge in [0.1, 0.15) is 17.3 Å². The molecule has 8 nitrogen and oxygen atoms in total. The minimum absolute atomic E-state index is 0.0717. The summed E-state index contributed by atoms with van der Waals surface area (Å²) in [7, 11) is 0. The number of nitrogens with zero attached hydrogens (tertiary/aromatic N) is 7. The van der Waals surface area contributed by atoms with Crippen LogP contribution in [0.2, 0.25) is 5.28 Å². The van der Waals surface area contributed by atoms with Gasteiger partial charge in [-0.3, -0.25) is 0 Å². The minimum atomic E-state index is -0.630. The molecule has 0 aliphatic carbocycles. The number of hydrogen-bond acceptors (Lipinski definition) is 6. The Bertz CT molecular complexity index is 1400. The molecule has 11 heteroatoms. The number of rotatable bonds is 7. The van der Waals surface area contributed by atoms with Crippen molar-refractivity contribution in [2.45, 2.75) is 19.6 Å². The molecule has 3 heterocycles. The van der Waals surface area contributed by atoms with Crippen molar-refractivity contribution in [3.05, 3.63) is 94.8 Å². The number of fused-ring (bicyclic) bond motifs is 1. The minimum Gasteiger partial charge on any atom is -0.364 e. The zero-order chi connectivity index (χ0) is 22.8. The van der Waals surface area contributed by atoms with Gasteiger partial charge in [-0.2, -0.15) is 9.97 Å². The normalized spacial score (nSPS) is 11.2. The Hall–Kier alpha value is -3.92. The molecule has 0 radical (unpaired) electrons. The lowest BCUT2D eigenvalue weighted by Crippen LogP contribution is -2.05. The van der Waals surface area contributed by atoms with Gasteiger partial charge < -0.3 is 9.88 Å². The molecule has 0 spiro atoms. The van der Waals surface area contributed by atoms with E-state index in [1.807, 2.05) is 30.3 Å². The maximum atomic E-state index is 13.9. The zero-order valence-corrected chi connectivity index (χ0v) is 17.9. The quantitative estimate of drug-likeness (QED) is 0.364. The van der Waals surface area contributed by atoms with E-state index in [2.05, 4.69) is 30.6 Å². The van der Waals surface area contributed by atoms with Crippen molar-refractivity contribution in [3.8, 4) is 0 Å². The maximum Gasteiger partial charge on any atom is 0.226 e. The highest BCUT2D eigenvalue weighted by Gasteiger charge is 2.15. The number of nitrogens with one attached hydrogen (secondary N) is 1. The molecule has 0 bridgehead atoms. The van der Waals surface area contributed by atoms with Gasteiger partial charge in [0.25, 0.3) is 0 Å². The second kappa shape index (κ2) is 8.91. The zero-order valence-electron chi connectivity index (χ0n) is 17.2. The van der Waals surface area contributed by atoms with E-state index in [9.17, 15) is 8.78 Å². The first-order valence-electron chi connectivity index (χ1n) is 10.0. The average molecular weight is 467 g/mol. The highest BCUT2D eigenvalue weighted by Crippen LogP contribution is 2.22. The highest BCUT2D eigenvalue weighted by molar-refractivity contribution is 6.28. The maximum absolute atomic E-state index is 13.9. The molecule has 1 N–H and O–H groups in total. The second-order valence-electron chi connectivity index (χ2n) is 7.33. The SMILES string of the molecule is Fc1cccc(F)c1Cn1cc(Cn2cnc3c(NCc4ccccc4)nc(Cl)nc32)nn1. The van der Waals surface area contributed by atoms with Crippen LogP contribution in [0.5, 0.6) is 0 Å². The van der Waals surface area contributed by atoms with E-state index in [1.54, 1.807) is 17.1 Å². The van der Waals surface area contributed by atoms with Gasteiger partial charge in [0.2, 0.25) is 5.28 Å². The summed E-state index contributed by atoms with van der Waals surface area (Å²) >= 11 is 6.16.